The van der Waals surface area contributed by atoms with E-state index in [-0.39, 0.29) is 12.1 Å². The van der Waals surface area contributed by atoms with Gasteiger partial charge in [0.15, 0.2) is 6.23 Å². The maximum atomic E-state index is 11.3. The van der Waals surface area contributed by atoms with Gasteiger partial charge < -0.3 is 9.47 Å². The average molecular weight is 315 g/mol. The highest BCUT2D eigenvalue weighted by atomic mass is 79.9. The normalized spacial score (nSPS) is 19.3. The van der Waals surface area contributed by atoms with Crippen molar-refractivity contribution in [1.82, 2.24) is 5.43 Å². The lowest BCUT2D eigenvalue weighted by atomic mass is 10.3. The number of nitrogens with zero attached hydrogens (tertiary/aromatic N) is 1. The van der Waals surface area contributed by atoms with Crippen LogP contribution in [0.5, 0.6) is 0 Å². The fraction of sp³-hybridized carbons (Fsp3) is 0.417. The second-order valence-corrected chi connectivity index (χ2v) is 4.83. The SMILES string of the molecule is CC(=O)NN(c1ccc(Br)cc1)C1COCCO1. The monoisotopic (exact) mass is 314 g/mol. The molecule has 1 saturated heterocycles. The third-order valence-corrected chi connectivity index (χ3v) is 3.00. The molecule has 1 heterocycles. The zero-order valence-electron chi connectivity index (χ0n) is 10.1. The summed E-state index contributed by atoms with van der Waals surface area (Å²) in [7, 11) is 0. The van der Waals surface area contributed by atoms with Gasteiger partial charge in [0, 0.05) is 11.4 Å². The average Bonchev–Trinajstić information content (AvgIpc) is 2.38. The van der Waals surface area contributed by atoms with Crippen LogP contribution >= 0.6 is 15.9 Å². The van der Waals surface area contributed by atoms with E-state index in [1.165, 1.54) is 6.92 Å². The first-order chi connectivity index (χ1) is 8.66. The first-order valence-corrected chi connectivity index (χ1v) is 6.47. The number of hydrogen-bond acceptors (Lipinski definition) is 4. The molecule has 1 unspecified atom stereocenters. The van der Waals surface area contributed by atoms with Crippen LogP contribution in [0.25, 0.3) is 0 Å². The minimum Gasteiger partial charge on any atom is -0.374 e. The van der Waals surface area contributed by atoms with Crippen molar-refractivity contribution in [2.75, 3.05) is 24.8 Å². The summed E-state index contributed by atoms with van der Waals surface area (Å²) in [5.74, 6) is -0.146. The molecule has 0 radical (unpaired) electrons. The minimum atomic E-state index is -0.302. The van der Waals surface area contributed by atoms with Gasteiger partial charge in [-0.1, -0.05) is 15.9 Å². The summed E-state index contributed by atoms with van der Waals surface area (Å²) in [4.78, 5) is 11.3. The molecule has 1 atom stereocenters. The van der Waals surface area contributed by atoms with Gasteiger partial charge in [0.05, 0.1) is 25.5 Å². The molecule has 5 nitrogen and oxygen atoms in total. The van der Waals surface area contributed by atoms with E-state index in [4.69, 9.17) is 9.47 Å². The van der Waals surface area contributed by atoms with Crippen LogP contribution in [0, 0.1) is 0 Å². The predicted octanol–water partition coefficient (Wildman–Crippen LogP) is 1.68. The molecule has 1 aromatic rings. The summed E-state index contributed by atoms with van der Waals surface area (Å²) in [6.07, 6.45) is -0.302. The number of carbonyl (C=O) groups is 1. The largest absolute Gasteiger partial charge is 0.374 e. The number of amides is 1. The number of nitrogens with one attached hydrogen (secondary N) is 1. The topological polar surface area (TPSA) is 50.8 Å². The van der Waals surface area contributed by atoms with Crippen molar-refractivity contribution in [3.63, 3.8) is 0 Å². The Morgan fingerprint density at radius 3 is 2.67 bits per heavy atom. The van der Waals surface area contributed by atoms with Gasteiger partial charge in [-0.15, -0.1) is 0 Å². The second-order valence-electron chi connectivity index (χ2n) is 3.91. The lowest BCUT2D eigenvalue weighted by Crippen LogP contribution is -2.53. The van der Waals surface area contributed by atoms with E-state index in [9.17, 15) is 4.79 Å². The van der Waals surface area contributed by atoms with Crippen molar-refractivity contribution < 1.29 is 14.3 Å². The third kappa shape index (κ3) is 3.44. The van der Waals surface area contributed by atoms with E-state index < -0.39 is 0 Å². The third-order valence-electron chi connectivity index (χ3n) is 2.47. The molecule has 18 heavy (non-hydrogen) atoms. The Balaban J connectivity index is 2.17. The van der Waals surface area contributed by atoms with Crippen LogP contribution in [0.1, 0.15) is 6.92 Å². The molecular formula is C12H15BrN2O3. The van der Waals surface area contributed by atoms with Crippen molar-refractivity contribution >= 4 is 27.5 Å². The van der Waals surface area contributed by atoms with Gasteiger partial charge in [-0.25, -0.2) is 0 Å². The second kappa shape index (κ2) is 6.17. The Hall–Kier alpha value is -1.11. The molecule has 1 fully saturated rings. The molecule has 2 rings (SSSR count). The number of ether oxygens (including phenoxy) is 2. The first-order valence-electron chi connectivity index (χ1n) is 5.68. The van der Waals surface area contributed by atoms with Crippen molar-refractivity contribution in [2.45, 2.75) is 13.2 Å². The van der Waals surface area contributed by atoms with Gasteiger partial charge in [-0.2, -0.15) is 0 Å². The highest BCUT2D eigenvalue weighted by Crippen LogP contribution is 2.20. The summed E-state index contributed by atoms with van der Waals surface area (Å²) in [5.41, 5.74) is 3.61. The van der Waals surface area contributed by atoms with Gasteiger partial charge in [0.2, 0.25) is 5.91 Å². The molecule has 0 saturated carbocycles. The van der Waals surface area contributed by atoms with Crippen LogP contribution in [0.4, 0.5) is 5.69 Å². The van der Waals surface area contributed by atoms with Crippen molar-refractivity contribution in [3.05, 3.63) is 28.7 Å². The summed E-state index contributed by atoms with van der Waals surface area (Å²) in [5, 5.41) is 1.69. The number of hydrazine groups is 1. The van der Waals surface area contributed by atoms with Gasteiger partial charge in [0.25, 0.3) is 0 Å². The smallest absolute Gasteiger partial charge is 0.235 e. The van der Waals surface area contributed by atoms with Crippen LogP contribution in [0.3, 0.4) is 0 Å². The molecule has 0 spiro atoms. The van der Waals surface area contributed by atoms with Crippen molar-refractivity contribution in [2.24, 2.45) is 0 Å². The van der Waals surface area contributed by atoms with Gasteiger partial charge in [-0.05, 0) is 24.3 Å². The molecule has 1 N–H and O–H groups in total. The number of anilines is 1. The quantitative estimate of drug-likeness (QED) is 0.862. The lowest BCUT2D eigenvalue weighted by Gasteiger charge is -2.35. The summed E-state index contributed by atoms with van der Waals surface area (Å²) < 4.78 is 11.9. The standard InChI is InChI=1S/C12H15BrN2O3/c1-9(16)14-15(12-8-17-6-7-18-12)11-4-2-10(13)3-5-11/h2-5,12H,6-8H2,1H3,(H,14,16). The Bertz CT molecular complexity index is 404. The molecule has 1 amide bonds. The molecule has 0 bridgehead atoms. The van der Waals surface area contributed by atoms with Crippen molar-refractivity contribution in [1.29, 1.82) is 0 Å². The summed E-state index contributed by atoms with van der Waals surface area (Å²) in [6, 6.07) is 7.62. The van der Waals surface area contributed by atoms with Crippen LogP contribution in [-0.2, 0) is 14.3 Å². The van der Waals surface area contributed by atoms with Crippen LogP contribution in [0.2, 0.25) is 0 Å². The Kier molecular flexibility index (Phi) is 4.57. The van der Waals surface area contributed by atoms with E-state index in [2.05, 4.69) is 21.4 Å². The highest BCUT2D eigenvalue weighted by molar-refractivity contribution is 9.10. The molecule has 1 aromatic carbocycles. The fourth-order valence-corrected chi connectivity index (χ4v) is 1.96. The molecule has 1 aliphatic heterocycles. The van der Waals surface area contributed by atoms with Crippen LogP contribution in [-0.4, -0.2) is 32.0 Å². The maximum absolute atomic E-state index is 11.3. The summed E-state index contributed by atoms with van der Waals surface area (Å²) >= 11 is 3.38. The van der Waals surface area contributed by atoms with Crippen molar-refractivity contribution in [3.8, 4) is 0 Å². The van der Waals surface area contributed by atoms with E-state index in [0.29, 0.717) is 19.8 Å². The lowest BCUT2D eigenvalue weighted by molar-refractivity contribution is -0.123. The van der Waals surface area contributed by atoms with E-state index in [1.54, 1.807) is 5.01 Å². The number of hydrogen-bond donors (Lipinski definition) is 1. The van der Waals surface area contributed by atoms with E-state index in [1.807, 2.05) is 24.3 Å². The first kappa shape index (κ1) is 13.3. The Morgan fingerprint density at radius 2 is 2.11 bits per heavy atom. The molecule has 6 heteroatoms. The molecule has 0 aromatic heterocycles. The van der Waals surface area contributed by atoms with E-state index >= 15 is 0 Å². The van der Waals surface area contributed by atoms with Gasteiger partial charge >= 0.3 is 0 Å². The zero-order chi connectivity index (χ0) is 13.0. The van der Waals surface area contributed by atoms with Crippen LogP contribution in [0.15, 0.2) is 28.7 Å². The number of halogens is 1. The van der Waals surface area contributed by atoms with E-state index in [0.717, 1.165) is 10.2 Å². The Labute approximate surface area is 114 Å². The summed E-state index contributed by atoms with van der Waals surface area (Å²) in [6.45, 7) is 3.01. The maximum Gasteiger partial charge on any atom is 0.235 e. The molecule has 0 aliphatic carbocycles. The fourth-order valence-electron chi connectivity index (χ4n) is 1.70. The van der Waals surface area contributed by atoms with Gasteiger partial charge in [0.1, 0.15) is 0 Å². The molecule has 1 aliphatic rings. The molecular weight excluding hydrogens is 300 g/mol. The minimum absolute atomic E-state index is 0.146. The van der Waals surface area contributed by atoms with Crippen LogP contribution < -0.4 is 10.4 Å². The number of benzene rings is 1. The number of rotatable bonds is 3. The van der Waals surface area contributed by atoms with Gasteiger partial charge in [-0.3, -0.25) is 15.2 Å². The molecule has 98 valence electrons. The number of carbonyl (C=O) groups excluding carboxylic acids is 1. The predicted molar refractivity (Wildman–Crippen MR) is 71.0 cm³/mol. The zero-order valence-corrected chi connectivity index (χ0v) is 11.6. The Morgan fingerprint density at radius 1 is 1.39 bits per heavy atom. The highest BCUT2D eigenvalue weighted by Gasteiger charge is 2.23.